The Hall–Kier alpha value is -1.71. The molecule has 0 bridgehead atoms. The van der Waals surface area contributed by atoms with Gasteiger partial charge in [-0.25, -0.2) is 4.79 Å². The molecule has 0 radical (unpaired) electrons. The molecule has 0 spiro atoms. The molecule has 0 fully saturated rings. The first-order chi connectivity index (χ1) is 9.56. The molecule has 104 valence electrons. The third-order valence-electron chi connectivity index (χ3n) is 2.72. The molecule has 0 saturated carbocycles. The Morgan fingerprint density at radius 1 is 1.10 bits per heavy atom. The van der Waals surface area contributed by atoms with Crippen LogP contribution in [0.5, 0.6) is 5.75 Å². The molecule has 0 unspecified atom stereocenters. The van der Waals surface area contributed by atoms with Crippen LogP contribution in [0, 0.1) is 0 Å². The molecule has 20 heavy (non-hydrogen) atoms. The fourth-order valence-electron chi connectivity index (χ4n) is 1.71. The number of ether oxygens (including phenoxy) is 1. The molecule has 3 nitrogen and oxygen atoms in total. The summed E-state index contributed by atoms with van der Waals surface area (Å²) in [6.45, 7) is 0. The monoisotopic (exact) mass is 310 g/mol. The second kappa shape index (κ2) is 6.64. The lowest BCUT2D eigenvalue weighted by atomic mass is 10.1. The molecule has 1 N–H and O–H groups in total. The lowest BCUT2D eigenvalue weighted by Gasteiger charge is -2.16. The molecule has 2 aromatic rings. The zero-order valence-corrected chi connectivity index (χ0v) is 11.9. The van der Waals surface area contributed by atoms with E-state index in [0.29, 0.717) is 15.8 Å². The van der Waals surface area contributed by atoms with Crippen molar-refractivity contribution in [1.82, 2.24) is 0 Å². The van der Waals surface area contributed by atoms with Crippen LogP contribution in [0.4, 0.5) is 0 Å². The van der Waals surface area contributed by atoms with Gasteiger partial charge in [-0.15, -0.1) is 0 Å². The van der Waals surface area contributed by atoms with Gasteiger partial charge in [0.05, 0.1) is 5.02 Å². The summed E-state index contributed by atoms with van der Waals surface area (Å²) < 4.78 is 5.48. The van der Waals surface area contributed by atoms with Gasteiger partial charge in [0.25, 0.3) is 0 Å². The number of carbonyl (C=O) groups is 1. The van der Waals surface area contributed by atoms with Crippen molar-refractivity contribution in [2.24, 2.45) is 0 Å². The highest BCUT2D eigenvalue weighted by molar-refractivity contribution is 6.32. The topological polar surface area (TPSA) is 46.5 Å². The molecule has 0 aliphatic rings. The van der Waals surface area contributed by atoms with Gasteiger partial charge in [-0.2, -0.15) is 0 Å². The summed E-state index contributed by atoms with van der Waals surface area (Å²) in [6, 6.07) is 13.8. The zero-order valence-electron chi connectivity index (χ0n) is 10.4. The summed E-state index contributed by atoms with van der Waals surface area (Å²) in [5.41, 5.74) is 0.828. The third-order valence-corrected chi connectivity index (χ3v) is 3.28. The van der Waals surface area contributed by atoms with E-state index < -0.39 is 12.1 Å². The van der Waals surface area contributed by atoms with Crippen molar-refractivity contribution in [2.75, 3.05) is 0 Å². The summed E-state index contributed by atoms with van der Waals surface area (Å²) in [6.07, 6.45) is -0.770. The number of benzene rings is 2. The van der Waals surface area contributed by atoms with Crippen LogP contribution in [-0.4, -0.2) is 17.2 Å². The molecule has 5 heteroatoms. The molecule has 2 aromatic carbocycles. The summed E-state index contributed by atoms with van der Waals surface area (Å²) in [5.74, 6) is -0.685. The van der Waals surface area contributed by atoms with Crippen molar-refractivity contribution in [2.45, 2.75) is 12.5 Å². The molecular weight excluding hydrogens is 299 g/mol. The van der Waals surface area contributed by atoms with E-state index in [9.17, 15) is 9.90 Å². The maximum absolute atomic E-state index is 11.3. The van der Waals surface area contributed by atoms with Gasteiger partial charge in [0.15, 0.2) is 6.10 Å². The first-order valence-corrected chi connectivity index (χ1v) is 6.70. The number of hydrogen-bond acceptors (Lipinski definition) is 2. The van der Waals surface area contributed by atoms with E-state index in [1.54, 1.807) is 48.5 Å². The van der Waals surface area contributed by atoms with Crippen molar-refractivity contribution in [3.8, 4) is 5.75 Å². The average Bonchev–Trinajstić information content (AvgIpc) is 2.42. The number of aliphatic carboxylic acids is 1. The van der Waals surface area contributed by atoms with Crippen molar-refractivity contribution >= 4 is 29.2 Å². The van der Waals surface area contributed by atoms with Gasteiger partial charge in [-0.1, -0.05) is 47.5 Å². The largest absolute Gasteiger partial charge is 0.478 e. The maximum Gasteiger partial charge on any atom is 0.345 e. The Bertz CT molecular complexity index is 596. The first kappa shape index (κ1) is 14.7. The van der Waals surface area contributed by atoms with Crippen molar-refractivity contribution < 1.29 is 14.6 Å². The Morgan fingerprint density at radius 2 is 1.75 bits per heavy atom. The van der Waals surface area contributed by atoms with E-state index in [-0.39, 0.29) is 6.42 Å². The van der Waals surface area contributed by atoms with E-state index in [1.807, 2.05) is 0 Å². The fourth-order valence-corrected chi connectivity index (χ4v) is 2.01. The molecule has 0 aliphatic heterocycles. The van der Waals surface area contributed by atoms with E-state index in [1.165, 1.54) is 0 Å². The van der Waals surface area contributed by atoms with Crippen LogP contribution in [0.15, 0.2) is 48.5 Å². The molecule has 0 aliphatic carbocycles. The normalized spacial score (nSPS) is 11.9. The number of carboxylic acids is 1. The van der Waals surface area contributed by atoms with Gasteiger partial charge in [-0.05, 0) is 29.8 Å². The highest BCUT2D eigenvalue weighted by atomic mass is 35.5. The summed E-state index contributed by atoms with van der Waals surface area (Å²) in [5, 5.41) is 10.2. The predicted octanol–water partition coefficient (Wildman–Crippen LogP) is 4.07. The summed E-state index contributed by atoms with van der Waals surface area (Å²) in [4.78, 5) is 11.3. The molecule has 0 heterocycles. The third kappa shape index (κ3) is 3.89. The molecule has 0 amide bonds. The highest BCUT2D eigenvalue weighted by Gasteiger charge is 2.21. The number of rotatable bonds is 5. The Labute approximate surface area is 126 Å². The quantitative estimate of drug-likeness (QED) is 0.905. The number of para-hydroxylation sites is 1. The smallest absolute Gasteiger partial charge is 0.345 e. The molecule has 1 atom stereocenters. The number of hydrogen-bond donors (Lipinski definition) is 1. The van der Waals surface area contributed by atoms with Crippen LogP contribution in [0.2, 0.25) is 10.0 Å². The second-order valence-electron chi connectivity index (χ2n) is 4.21. The van der Waals surface area contributed by atoms with Crippen LogP contribution in [0.1, 0.15) is 5.56 Å². The standard InChI is InChI=1S/C15H12Cl2O3/c16-11-7-5-10(6-8-11)9-14(15(18)19)20-13-4-2-1-3-12(13)17/h1-8,14H,9H2,(H,18,19)/t14-/m0/s1. The van der Waals surface area contributed by atoms with Gasteiger partial charge in [0.2, 0.25) is 0 Å². The van der Waals surface area contributed by atoms with Gasteiger partial charge >= 0.3 is 5.97 Å². The van der Waals surface area contributed by atoms with Gasteiger partial charge in [0.1, 0.15) is 5.75 Å². The number of carboxylic acid groups (broad SMARTS) is 1. The molecular formula is C15H12Cl2O3. The second-order valence-corrected chi connectivity index (χ2v) is 5.05. The number of halogens is 2. The summed E-state index contributed by atoms with van der Waals surface area (Å²) >= 11 is 11.8. The van der Waals surface area contributed by atoms with E-state index in [4.69, 9.17) is 27.9 Å². The van der Waals surface area contributed by atoms with Crippen molar-refractivity contribution in [1.29, 1.82) is 0 Å². The van der Waals surface area contributed by atoms with Crippen molar-refractivity contribution in [3.05, 3.63) is 64.1 Å². The minimum atomic E-state index is -1.04. The van der Waals surface area contributed by atoms with E-state index >= 15 is 0 Å². The van der Waals surface area contributed by atoms with Crippen LogP contribution >= 0.6 is 23.2 Å². The zero-order chi connectivity index (χ0) is 14.5. The predicted molar refractivity (Wildman–Crippen MR) is 78.7 cm³/mol. The first-order valence-electron chi connectivity index (χ1n) is 5.94. The van der Waals surface area contributed by atoms with Gasteiger partial charge < -0.3 is 9.84 Å². The Balaban J connectivity index is 2.14. The van der Waals surface area contributed by atoms with Crippen LogP contribution in [-0.2, 0) is 11.2 Å². The minimum Gasteiger partial charge on any atom is -0.478 e. The van der Waals surface area contributed by atoms with E-state index in [0.717, 1.165) is 5.56 Å². The Kier molecular flexibility index (Phi) is 4.88. The highest BCUT2D eigenvalue weighted by Crippen LogP contribution is 2.25. The average molecular weight is 311 g/mol. The summed E-state index contributed by atoms with van der Waals surface area (Å²) in [7, 11) is 0. The fraction of sp³-hybridized carbons (Fsp3) is 0.133. The maximum atomic E-state index is 11.3. The lowest BCUT2D eigenvalue weighted by Crippen LogP contribution is -2.29. The van der Waals surface area contributed by atoms with Crippen LogP contribution < -0.4 is 4.74 Å². The van der Waals surface area contributed by atoms with Gasteiger partial charge in [-0.3, -0.25) is 0 Å². The van der Waals surface area contributed by atoms with Crippen LogP contribution in [0.3, 0.4) is 0 Å². The SMILES string of the molecule is O=C(O)[C@H](Cc1ccc(Cl)cc1)Oc1ccccc1Cl. The van der Waals surface area contributed by atoms with Crippen LogP contribution in [0.25, 0.3) is 0 Å². The Morgan fingerprint density at radius 3 is 2.35 bits per heavy atom. The lowest BCUT2D eigenvalue weighted by molar-refractivity contribution is -0.145. The minimum absolute atomic E-state index is 0.234. The van der Waals surface area contributed by atoms with E-state index in [2.05, 4.69) is 0 Å². The van der Waals surface area contributed by atoms with Gasteiger partial charge in [0, 0.05) is 11.4 Å². The molecule has 0 aromatic heterocycles. The molecule has 2 rings (SSSR count). The van der Waals surface area contributed by atoms with Crippen molar-refractivity contribution in [3.63, 3.8) is 0 Å². The molecule has 0 saturated heterocycles.